The Morgan fingerprint density at radius 1 is 0.867 bits per heavy atom. The number of ether oxygens (including phenoxy) is 1. The molecule has 8 heteroatoms. The SMILES string of the molecule is O=C(OCC(=O)N1c2ccccc2Sc2ccccc21)c1cccc(C(F)(F)F)c1. The van der Waals surface area contributed by atoms with E-state index in [0.29, 0.717) is 17.4 Å². The first-order chi connectivity index (χ1) is 14.3. The summed E-state index contributed by atoms with van der Waals surface area (Å²) in [5.74, 6) is -1.50. The van der Waals surface area contributed by atoms with Gasteiger partial charge in [-0.25, -0.2) is 4.79 Å². The Kier molecular flexibility index (Phi) is 5.26. The second-order valence-electron chi connectivity index (χ2n) is 6.42. The fraction of sp³-hybridized carbons (Fsp3) is 0.0909. The Morgan fingerprint density at radius 3 is 2.07 bits per heavy atom. The topological polar surface area (TPSA) is 46.6 Å². The number of benzene rings is 3. The Morgan fingerprint density at radius 2 is 1.47 bits per heavy atom. The lowest BCUT2D eigenvalue weighted by Gasteiger charge is -2.30. The lowest BCUT2D eigenvalue weighted by Crippen LogP contribution is -2.32. The quantitative estimate of drug-likeness (QED) is 0.502. The smallest absolute Gasteiger partial charge is 0.416 e. The Bertz CT molecular complexity index is 1080. The number of hydrogen-bond donors (Lipinski definition) is 0. The van der Waals surface area contributed by atoms with Gasteiger partial charge in [0, 0.05) is 9.79 Å². The molecular formula is C22H14F3NO3S. The minimum atomic E-state index is -4.58. The molecule has 0 radical (unpaired) electrons. The number of rotatable bonds is 3. The predicted octanol–water partition coefficient (Wildman–Crippen LogP) is 5.69. The van der Waals surface area contributed by atoms with Gasteiger partial charge in [-0.2, -0.15) is 13.2 Å². The van der Waals surface area contributed by atoms with Gasteiger partial charge in [-0.3, -0.25) is 9.69 Å². The molecule has 0 aromatic heterocycles. The molecule has 0 atom stereocenters. The third-order valence-corrected chi connectivity index (χ3v) is 5.56. The lowest BCUT2D eigenvalue weighted by molar-refractivity contribution is -0.137. The number of anilines is 2. The van der Waals surface area contributed by atoms with Crippen molar-refractivity contribution in [2.45, 2.75) is 16.0 Å². The van der Waals surface area contributed by atoms with Crippen molar-refractivity contribution >= 4 is 35.0 Å². The number of amides is 1. The fourth-order valence-electron chi connectivity index (χ4n) is 3.07. The monoisotopic (exact) mass is 429 g/mol. The van der Waals surface area contributed by atoms with Crippen molar-refractivity contribution in [2.24, 2.45) is 0 Å². The summed E-state index contributed by atoms with van der Waals surface area (Å²) >= 11 is 1.52. The molecule has 3 aromatic carbocycles. The highest BCUT2D eigenvalue weighted by atomic mass is 32.2. The molecule has 152 valence electrons. The van der Waals surface area contributed by atoms with Crippen LogP contribution in [0, 0.1) is 0 Å². The van der Waals surface area contributed by atoms with Crippen LogP contribution in [0.4, 0.5) is 24.5 Å². The lowest BCUT2D eigenvalue weighted by atomic mass is 10.1. The molecule has 4 nitrogen and oxygen atoms in total. The van der Waals surface area contributed by atoms with Gasteiger partial charge in [-0.05, 0) is 42.5 Å². The summed E-state index contributed by atoms with van der Waals surface area (Å²) in [6, 6.07) is 18.5. The van der Waals surface area contributed by atoms with E-state index in [-0.39, 0.29) is 5.56 Å². The molecular weight excluding hydrogens is 415 g/mol. The van der Waals surface area contributed by atoms with E-state index in [1.54, 1.807) is 24.3 Å². The van der Waals surface area contributed by atoms with E-state index >= 15 is 0 Å². The van der Waals surface area contributed by atoms with E-state index in [9.17, 15) is 22.8 Å². The van der Waals surface area contributed by atoms with Crippen LogP contribution in [0.2, 0.25) is 0 Å². The summed E-state index contributed by atoms with van der Waals surface area (Å²) in [6.07, 6.45) is -4.58. The van der Waals surface area contributed by atoms with Gasteiger partial charge in [-0.1, -0.05) is 42.1 Å². The predicted molar refractivity (Wildman–Crippen MR) is 106 cm³/mol. The molecule has 0 saturated carbocycles. The Hall–Kier alpha value is -3.26. The van der Waals surface area contributed by atoms with Crippen molar-refractivity contribution in [1.29, 1.82) is 0 Å². The summed E-state index contributed by atoms with van der Waals surface area (Å²) in [7, 11) is 0. The number of fused-ring (bicyclic) bond motifs is 2. The highest BCUT2D eigenvalue weighted by molar-refractivity contribution is 7.99. The zero-order chi connectivity index (χ0) is 21.3. The molecule has 4 rings (SSSR count). The minimum Gasteiger partial charge on any atom is -0.452 e. The van der Waals surface area contributed by atoms with E-state index in [4.69, 9.17) is 4.74 Å². The van der Waals surface area contributed by atoms with Crippen LogP contribution >= 0.6 is 11.8 Å². The third-order valence-electron chi connectivity index (χ3n) is 4.43. The van der Waals surface area contributed by atoms with Crippen molar-refractivity contribution in [2.75, 3.05) is 11.5 Å². The van der Waals surface area contributed by atoms with Gasteiger partial charge in [0.25, 0.3) is 5.91 Å². The maximum absolute atomic E-state index is 12.9. The molecule has 0 aliphatic carbocycles. The second kappa shape index (κ2) is 7.87. The Balaban J connectivity index is 1.55. The third kappa shape index (κ3) is 3.91. The molecule has 1 heterocycles. The van der Waals surface area contributed by atoms with Gasteiger partial charge in [0.1, 0.15) is 0 Å². The van der Waals surface area contributed by atoms with Crippen molar-refractivity contribution in [1.82, 2.24) is 0 Å². The summed E-state index contributed by atoms with van der Waals surface area (Å²) in [5, 5.41) is 0. The highest BCUT2D eigenvalue weighted by Gasteiger charge is 2.32. The van der Waals surface area contributed by atoms with Crippen LogP contribution in [-0.2, 0) is 15.7 Å². The number of alkyl halides is 3. The van der Waals surface area contributed by atoms with Crippen LogP contribution in [0.3, 0.4) is 0 Å². The first-order valence-corrected chi connectivity index (χ1v) is 9.69. The molecule has 0 saturated heterocycles. The van der Waals surface area contributed by atoms with Crippen LogP contribution in [0.25, 0.3) is 0 Å². The molecule has 0 fully saturated rings. The first kappa shape index (κ1) is 20.0. The zero-order valence-electron chi connectivity index (χ0n) is 15.3. The maximum atomic E-state index is 12.9. The largest absolute Gasteiger partial charge is 0.452 e. The highest BCUT2D eigenvalue weighted by Crippen LogP contribution is 2.47. The van der Waals surface area contributed by atoms with Crippen LogP contribution < -0.4 is 4.90 Å². The maximum Gasteiger partial charge on any atom is 0.416 e. The summed E-state index contributed by atoms with van der Waals surface area (Å²) in [6.45, 7) is -0.609. The minimum absolute atomic E-state index is 0.271. The molecule has 0 N–H and O–H groups in total. The molecule has 0 bridgehead atoms. The summed E-state index contributed by atoms with van der Waals surface area (Å²) < 4.78 is 43.6. The second-order valence-corrected chi connectivity index (χ2v) is 7.51. The van der Waals surface area contributed by atoms with E-state index in [2.05, 4.69) is 0 Å². The van der Waals surface area contributed by atoms with Gasteiger partial charge in [0.15, 0.2) is 6.61 Å². The van der Waals surface area contributed by atoms with Crippen LogP contribution in [0.5, 0.6) is 0 Å². The number of para-hydroxylation sites is 2. The number of nitrogens with zero attached hydrogens (tertiary/aromatic N) is 1. The van der Waals surface area contributed by atoms with E-state index in [1.165, 1.54) is 22.7 Å². The van der Waals surface area contributed by atoms with Gasteiger partial charge >= 0.3 is 12.1 Å². The van der Waals surface area contributed by atoms with Gasteiger partial charge < -0.3 is 4.74 Å². The first-order valence-electron chi connectivity index (χ1n) is 8.88. The number of halogens is 3. The van der Waals surface area contributed by atoms with Crippen LogP contribution in [0.15, 0.2) is 82.6 Å². The average Bonchev–Trinajstić information content (AvgIpc) is 2.75. The molecule has 1 amide bonds. The number of carbonyl (C=O) groups excluding carboxylic acids is 2. The summed E-state index contributed by atoms with van der Waals surface area (Å²) in [4.78, 5) is 28.4. The number of esters is 1. The van der Waals surface area contributed by atoms with Crippen LogP contribution in [-0.4, -0.2) is 18.5 Å². The van der Waals surface area contributed by atoms with E-state index in [1.807, 2.05) is 24.3 Å². The molecule has 0 unspecified atom stereocenters. The summed E-state index contributed by atoms with van der Waals surface area (Å²) in [5.41, 5.74) is 0.0782. The van der Waals surface area contributed by atoms with Crippen molar-refractivity contribution in [3.05, 3.63) is 83.9 Å². The van der Waals surface area contributed by atoms with Gasteiger partial charge in [0.05, 0.1) is 22.5 Å². The standard InChI is InChI=1S/C22H14F3NO3S/c23-22(24,25)15-7-5-6-14(12-15)21(28)29-13-20(27)26-16-8-1-3-10-18(16)30-19-11-4-2-9-17(19)26/h1-12H,13H2. The normalized spacial score (nSPS) is 12.7. The van der Waals surface area contributed by atoms with E-state index in [0.717, 1.165) is 21.9 Å². The molecule has 1 aliphatic rings. The average molecular weight is 429 g/mol. The van der Waals surface area contributed by atoms with E-state index < -0.39 is 30.2 Å². The van der Waals surface area contributed by atoms with Crippen LogP contribution in [0.1, 0.15) is 15.9 Å². The molecule has 0 spiro atoms. The number of carbonyl (C=O) groups is 2. The molecule has 30 heavy (non-hydrogen) atoms. The fourth-order valence-corrected chi connectivity index (χ4v) is 4.13. The van der Waals surface area contributed by atoms with Crippen molar-refractivity contribution < 1.29 is 27.5 Å². The van der Waals surface area contributed by atoms with Gasteiger partial charge in [-0.15, -0.1) is 0 Å². The van der Waals surface area contributed by atoms with Crippen molar-refractivity contribution in [3.8, 4) is 0 Å². The van der Waals surface area contributed by atoms with Gasteiger partial charge in [0.2, 0.25) is 0 Å². The molecule has 1 aliphatic heterocycles. The van der Waals surface area contributed by atoms with Crippen molar-refractivity contribution in [3.63, 3.8) is 0 Å². The zero-order valence-corrected chi connectivity index (χ0v) is 16.2. The number of hydrogen-bond acceptors (Lipinski definition) is 4. The molecule has 3 aromatic rings. The Labute approximate surface area is 174 Å².